The van der Waals surface area contributed by atoms with Crippen LogP contribution in [0.25, 0.3) is 0 Å². The molecule has 0 radical (unpaired) electrons. The highest BCUT2D eigenvalue weighted by Crippen LogP contribution is 2.19. The lowest BCUT2D eigenvalue weighted by Gasteiger charge is -2.05. The van der Waals surface area contributed by atoms with Crippen LogP contribution in [0.5, 0.6) is 5.75 Å². The number of halogens is 1. The highest BCUT2D eigenvalue weighted by atomic mass is 19.1. The number of nitrogens with two attached hydrogens (primary N) is 1. The average Bonchev–Trinajstić information content (AvgIpc) is 2.01. The molecule has 14 heavy (non-hydrogen) atoms. The zero-order chi connectivity index (χ0) is 10.6. The van der Waals surface area contributed by atoms with Crippen LogP contribution in [0.4, 0.5) is 10.1 Å². The van der Waals surface area contributed by atoms with Gasteiger partial charge in [-0.25, -0.2) is 4.39 Å². The van der Waals surface area contributed by atoms with Gasteiger partial charge in [-0.1, -0.05) is 12.7 Å². The largest absolute Gasteiger partial charge is 0.458 e. The van der Waals surface area contributed by atoms with Gasteiger partial charge in [-0.05, 0) is 19.1 Å². The summed E-state index contributed by atoms with van der Waals surface area (Å²) in [5.74, 6) is 0.372. The molecule has 1 rings (SSSR count). The third kappa shape index (κ3) is 2.94. The summed E-state index contributed by atoms with van der Waals surface area (Å²) in [6, 6.07) is 4.02. The summed E-state index contributed by atoms with van der Waals surface area (Å²) >= 11 is 0. The lowest BCUT2D eigenvalue weighted by molar-refractivity contribution is 0.443. The van der Waals surface area contributed by atoms with E-state index in [-0.39, 0.29) is 0 Å². The third-order valence-electron chi connectivity index (χ3n) is 1.50. The van der Waals surface area contributed by atoms with Crippen molar-refractivity contribution in [1.29, 1.82) is 0 Å². The van der Waals surface area contributed by atoms with Crippen LogP contribution < -0.4 is 10.5 Å². The van der Waals surface area contributed by atoms with Crippen LogP contribution in [-0.2, 0) is 0 Å². The van der Waals surface area contributed by atoms with E-state index in [2.05, 4.69) is 6.58 Å². The van der Waals surface area contributed by atoms with Crippen LogP contribution in [-0.4, -0.2) is 0 Å². The van der Waals surface area contributed by atoms with Gasteiger partial charge in [-0.3, -0.25) is 0 Å². The topological polar surface area (TPSA) is 35.2 Å². The summed E-state index contributed by atoms with van der Waals surface area (Å²) in [7, 11) is 0. The van der Waals surface area contributed by atoms with Gasteiger partial charge >= 0.3 is 0 Å². The SMILES string of the molecule is C=C(/C=C\C)Oc1cc(N)cc(F)c1. The molecule has 1 aromatic rings. The molecule has 3 heteroatoms. The molecule has 0 saturated heterocycles. The summed E-state index contributed by atoms with van der Waals surface area (Å²) in [6.07, 6.45) is 3.46. The van der Waals surface area contributed by atoms with E-state index in [1.54, 1.807) is 12.2 Å². The number of allylic oxidation sites excluding steroid dienone is 2. The Morgan fingerprint density at radius 3 is 2.79 bits per heavy atom. The Hall–Kier alpha value is -1.77. The van der Waals surface area contributed by atoms with Gasteiger partial charge in [0.2, 0.25) is 0 Å². The molecule has 2 N–H and O–H groups in total. The molecule has 0 unspecified atom stereocenters. The number of anilines is 1. The highest BCUT2D eigenvalue weighted by Gasteiger charge is 1.99. The van der Waals surface area contributed by atoms with Crippen molar-refractivity contribution >= 4 is 5.69 Å². The van der Waals surface area contributed by atoms with E-state index in [4.69, 9.17) is 10.5 Å². The molecular formula is C11H12FNO. The molecule has 1 aromatic carbocycles. The second-order valence-corrected chi connectivity index (χ2v) is 2.79. The molecule has 0 aromatic heterocycles. The van der Waals surface area contributed by atoms with Gasteiger partial charge in [0.1, 0.15) is 17.3 Å². The first-order valence-electron chi connectivity index (χ1n) is 4.17. The molecule has 74 valence electrons. The van der Waals surface area contributed by atoms with Crippen molar-refractivity contribution in [3.63, 3.8) is 0 Å². The number of rotatable bonds is 3. The molecule has 2 nitrogen and oxygen atoms in total. The van der Waals surface area contributed by atoms with Crippen molar-refractivity contribution in [3.05, 3.63) is 48.5 Å². The first-order chi connectivity index (χ1) is 6.61. The second kappa shape index (κ2) is 4.46. The fourth-order valence-corrected chi connectivity index (χ4v) is 1.01. The number of benzene rings is 1. The number of hydrogen-bond donors (Lipinski definition) is 1. The lowest BCUT2D eigenvalue weighted by Crippen LogP contribution is -1.93. The Morgan fingerprint density at radius 2 is 2.21 bits per heavy atom. The third-order valence-corrected chi connectivity index (χ3v) is 1.50. The molecule has 0 amide bonds. The van der Waals surface area contributed by atoms with Crippen molar-refractivity contribution in [2.24, 2.45) is 0 Å². The van der Waals surface area contributed by atoms with Crippen LogP contribution in [0.15, 0.2) is 42.7 Å². The minimum Gasteiger partial charge on any atom is -0.458 e. The zero-order valence-corrected chi connectivity index (χ0v) is 7.96. The predicted octanol–water partition coefficient (Wildman–Crippen LogP) is 2.88. The van der Waals surface area contributed by atoms with Gasteiger partial charge < -0.3 is 10.5 Å². The maximum Gasteiger partial charge on any atom is 0.132 e. The van der Waals surface area contributed by atoms with Crippen molar-refractivity contribution in [2.45, 2.75) is 6.92 Å². The second-order valence-electron chi connectivity index (χ2n) is 2.79. The van der Waals surface area contributed by atoms with E-state index in [9.17, 15) is 4.39 Å². The van der Waals surface area contributed by atoms with E-state index in [1.165, 1.54) is 18.2 Å². The number of hydrogen-bond acceptors (Lipinski definition) is 2. The molecule has 0 aliphatic heterocycles. The Balaban J connectivity index is 2.81. The van der Waals surface area contributed by atoms with Crippen LogP contribution in [0, 0.1) is 5.82 Å². The quantitative estimate of drug-likeness (QED) is 0.455. The van der Waals surface area contributed by atoms with Gasteiger partial charge in [0, 0.05) is 17.8 Å². The highest BCUT2D eigenvalue weighted by molar-refractivity contribution is 5.45. The minimum atomic E-state index is -0.423. The maximum atomic E-state index is 12.9. The van der Waals surface area contributed by atoms with Crippen LogP contribution in [0.2, 0.25) is 0 Å². The van der Waals surface area contributed by atoms with E-state index >= 15 is 0 Å². The molecule has 0 aliphatic carbocycles. The zero-order valence-electron chi connectivity index (χ0n) is 7.96. The van der Waals surface area contributed by atoms with E-state index in [1.807, 2.05) is 6.92 Å². The molecule has 0 atom stereocenters. The summed E-state index contributed by atoms with van der Waals surface area (Å²) in [4.78, 5) is 0. The Bertz CT molecular complexity index is 351. The summed E-state index contributed by atoms with van der Waals surface area (Å²) in [5, 5.41) is 0. The van der Waals surface area contributed by atoms with Crippen molar-refractivity contribution in [2.75, 3.05) is 5.73 Å². The smallest absolute Gasteiger partial charge is 0.132 e. The molecule has 0 fully saturated rings. The Kier molecular flexibility index (Phi) is 3.29. The molecule has 0 spiro atoms. The monoisotopic (exact) mass is 193 g/mol. The van der Waals surface area contributed by atoms with Crippen LogP contribution in [0.3, 0.4) is 0 Å². The lowest BCUT2D eigenvalue weighted by atomic mass is 10.3. The van der Waals surface area contributed by atoms with Gasteiger partial charge in [0.05, 0.1) is 0 Å². The molecule has 0 saturated carbocycles. The predicted molar refractivity (Wildman–Crippen MR) is 55.4 cm³/mol. The van der Waals surface area contributed by atoms with Gasteiger partial charge in [0.25, 0.3) is 0 Å². The fourth-order valence-electron chi connectivity index (χ4n) is 1.01. The summed E-state index contributed by atoms with van der Waals surface area (Å²) < 4.78 is 18.1. The average molecular weight is 193 g/mol. The van der Waals surface area contributed by atoms with Gasteiger partial charge in [0.15, 0.2) is 0 Å². The van der Waals surface area contributed by atoms with Crippen LogP contribution in [0.1, 0.15) is 6.92 Å². The normalized spacial score (nSPS) is 10.4. The number of ether oxygens (including phenoxy) is 1. The summed E-state index contributed by atoms with van der Waals surface area (Å²) in [6.45, 7) is 5.47. The molecule has 0 heterocycles. The van der Waals surface area contributed by atoms with Crippen molar-refractivity contribution in [3.8, 4) is 5.75 Å². The van der Waals surface area contributed by atoms with Gasteiger partial charge in [-0.2, -0.15) is 0 Å². The van der Waals surface area contributed by atoms with Crippen LogP contribution >= 0.6 is 0 Å². The number of nitrogen functional groups attached to an aromatic ring is 1. The molecule has 0 bridgehead atoms. The fraction of sp³-hybridized carbons (Fsp3) is 0.0909. The molecule has 0 aliphatic rings. The summed E-state index contributed by atoms with van der Waals surface area (Å²) in [5.41, 5.74) is 5.77. The van der Waals surface area contributed by atoms with E-state index in [0.29, 0.717) is 17.2 Å². The Morgan fingerprint density at radius 1 is 1.50 bits per heavy atom. The standard InChI is InChI=1S/C11H12FNO/c1-3-4-8(2)14-11-6-9(12)5-10(13)7-11/h3-7H,2,13H2,1H3/b4-3-. The first-order valence-corrected chi connectivity index (χ1v) is 4.17. The minimum absolute atomic E-state index is 0.327. The first kappa shape index (κ1) is 10.3. The maximum absolute atomic E-state index is 12.9. The van der Waals surface area contributed by atoms with E-state index < -0.39 is 5.82 Å². The van der Waals surface area contributed by atoms with E-state index in [0.717, 1.165) is 0 Å². The van der Waals surface area contributed by atoms with Crippen molar-refractivity contribution in [1.82, 2.24) is 0 Å². The van der Waals surface area contributed by atoms with Crippen molar-refractivity contribution < 1.29 is 9.13 Å². The Labute approximate surface area is 82.5 Å². The molecular weight excluding hydrogens is 181 g/mol. The van der Waals surface area contributed by atoms with Gasteiger partial charge in [-0.15, -0.1) is 0 Å².